The van der Waals surface area contributed by atoms with Crippen molar-refractivity contribution in [2.75, 3.05) is 11.9 Å². The van der Waals surface area contributed by atoms with Gasteiger partial charge < -0.3 is 14.5 Å². The topological polar surface area (TPSA) is 64.4 Å². The lowest BCUT2D eigenvalue weighted by Crippen LogP contribution is -2.06. The Bertz CT molecular complexity index is 658. The molecule has 1 heterocycles. The van der Waals surface area contributed by atoms with Gasteiger partial charge in [-0.3, -0.25) is 0 Å². The summed E-state index contributed by atoms with van der Waals surface area (Å²) < 4.78 is 10.1. The molecule has 24 heavy (non-hydrogen) atoms. The van der Waals surface area contributed by atoms with Gasteiger partial charge in [-0.2, -0.15) is 4.98 Å². The van der Waals surface area contributed by atoms with Crippen LogP contribution in [0.2, 0.25) is 0 Å². The second-order valence-electron chi connectivity index (χ2n) is 6.19. The van der Waals surface area contributed by atoms with Gasteiger partial charge >= 0.3 is 5.97 Å². The summed E-state index contributed by atoms with van der Waals surface area (Å²) in [5.74, 6) is 0.255. The fourth-order valence-electron chi connectivity index (χ4n) is 3.17. The van der Waals surface area contributed by atoms with Gasteiger partial charge in [0.25, 0.3) is 6.01 Å². The van der Waals surface area contributed by atoms with E-state index in [2.05, 4.69) is 34.6 Å². The van der Waals surface area contributed by atoms with E-state index in [9.17, 15) is 4.79 Å². The number of carbonyl (C=O) groups is 1. The minimum absolute atomic E-state index is 0.187. The van der Waals surface area contributed by atoms with E-state index in [0.29, 0.717) is 19.2 Å². The summed E-state index contributed by atoms with van der Waals surface area (Å²) in [5, 5.41) is 3.09. The lowest BCUT2D eigenvalue weighted by Gasteiger charge is -2.22. The molecule has 1 aliphatic rings. The van der Waals surface area contributed by atoms with Crippen LogP contribution in [0.5, 0.6) is 0 Å². The number of carbonyl (C=O) groups excluding carboxylic acids is 1. The Kier molecular flexibility index (Phi) is 5.51. The number of hydrogen-bond acceptors (Lipinski definition) is 5. The zero-order valence-corrected chi connectivity index (χ0v) is 14.1. The van der Waals surface area contributed by atoms with Gasteiger partial charge in [0, 0.05) is 6.54 Å². The number of nitrogens with one attached hydrogen (secondary N) is 1. The van der Waals surface area contributed by atoms with Crippen molar-refractivity contribution in [3.8, 4) is 0 Å². The van der Waals surface area contributed by atoms with Crippen molar-refractivity contribution < 1.29 is 13.9 Å². The van der Waals surface area contributed by atoms with E-state index in [0.717, 1.165) is 11.5 Å². The van der Waals surface area contributed by atoms with Crippen LogP contribution < -0.4 is 5.32 Å². The molecule has 0 spiro atoms. The Balaban J connectivity index is 1.54. The van der Waals surface area contributed by atoms with E-state index in [1.54, 1.807) is 6.92 Å². The van der Waals surface area contributed by atoms with Crippen LogP contribution in [0, 0.1) is 0 Å². The average molecular weight is 328 g/mol. The smallest absolute Gasteiger partial charge is 0.360 e. The molecule has 0 unspecified atom stereocenters. The molecule has 5 heteroatoms. The van der Waals surface area contributed by atoms with Gasteiger partial charge in [-0.15, -0.1) is 0 Å². The maximum Gasteiger partial charge on any atom is 0.360 e. The fraction of sp³-hybridized carbons (Fsp3) is 0.474. The van der Waals surface area contributed by atoms with Crippen molar-refractivity contribution in [3.63, 3.8) is 0 Å². The number of anilines is 1. The van der Waals surface area contributed by atoms with Crippen LogP contribution in [0.1, 0.15) is 66.6 Å². The molecule has 128 valence electrons. The number of aromatic nitrogens is 1. The van der Waals surface area contributed by atoms with Crippen LogP contribution in [-0.4, -0.2) is 17.6 Å². The Morgan fingerprint density at radius 1 is 1.25 bits per heavy atom. The molecule has 5 nitrogen and oxygen atoms in total. The molecule has 0 amide bonds. The Morgan fingerprint density at radius 2 is 2.00 bits per heavy atom. The predicted molar refractivity (Wildman–Crippen MR) is 92.1 cm³/mol. The zero-order chi connectivity index (χ0) is 16.8. The van der Waals surface area contributed by atoms with Gasteiger partial charge in [-0.25, -0.2) is 4.79 Å². The molecule has 0 saturated heterocycles. The Labute approximate surface area is 142 Å². The SMILES string of the molecule is CCOC(=O)c1coc(NCc2ccc(C3CCCCC3)cc2)n1. The second kappa shape index (κ2) is 7.99. The third-order valence-corrected chi connectivity index (χ3v) is 4.49. The normalized spacial score (nSPS) is 15.2. The minimum atomic E-state index is -0.467. The lowest BCUT2D eigenvalue weighted by atomic mass is 9.84. The number of oxazole rings is 1. The Morgan fingerprint density at radius 3 is 2.71 bits per heavy atom. The van der Waals surface area contributed by atoms with Gasteiger partial charge in [0.1, 0.15) is 6.26 Å². The van der Waals surface area contributed by atoms with Crippen molar-refractivity contribution >= 4 is 12.0 Å². The summed E-state index contributed by atoms with van der Waals surface area (Å²) in [5.41, 5.74) is 2.79. The molecule has 3 rings (SSSR count). The van der Waals surface area contributed by atoms with Crippen LogP contribution in [0.3, 0.4) is 0 Å². The van der Waals surface area contributed by atoms with Crippen LogP contribution >= 0.6 is 0 Å². The van der Waals surface area contributed by atoms with Crippen molar-refractivity contribution in [2.24, 2.45) is 0 Å². The van der Waals surface area contributed by atoms with Gasteiger partial charge in [0.05, 0.1) is 6.61 Å². The molecule has 0 radical (unpaired) electrons. The van der Waals surface area contributed by atoms with E-state index in [1.165, 1.54) is 43.9 Å². The summed E-state index contributed by atoms with van der Waals surface area (Å²) >= 11 is 0. The number of benzene rings is 1. The first kappa shape index (κ1) is 16.6. The molecular weight excluding hydrogens is 304 g/mol. The van der Waals surface area contributed by atoms with Gasteiger partial charge in [0.2, 0.25) is 0 Å². The summed E-state index contributed by atoms with van der Waals surface area (Å²) in [6.07, 6.45) is 8.01. The Hall–Kier alpha value is -2.30. The molecule has 1 aliphatic carbocycles. The van der Waals surface area contributed by atoms with E-state index < -0.39 is 5.97 Å². The minimum Gasteiger partial charge on any atom is -0.461 e. The third-order valence-electron chi connectivity index (χ3n) is 4.49. The van der Waals surface area contributed by atoms with Crippen LogP contribution in [0.4, 0.5) is 6.01 Å². The summed E-state index contributed by atoms with van der Waals surface area (Å²) in [7, 11) is 0. The second-order valence-corrected chi connectivity index (χ2v) is 6.19. The first-order valence-corrected chi connectivity index (χ1v) is 8.71. The van der Waals surface area contributed by atoms with E-state index in [-0.39, 0.29) is 5.69 Å². The number of nitrogens with zero attached hydrogens (tertiary/aromatic N) is 1. The van der Waals surface area contributed by atoms with Gasteiger partial charge in [-0.05, 0) is 36.8 Å². The maximum absolute atomic E-state index is 11.5. The highest BCUT2D eigenvalue weighted by atomic mass is 16.5. The first-order valence-electron chi connectivity index (χ1n) is 8.71. The first-order chi connectivity index (χ1) is 11.8. The molecule has 0 bridgehead atoms. The number of ether oxygens (including phenoxy) is 1. The molecule has 0 atom stereocenters. The quantitative estimate of drug-likeness (QED) is 0.790. The van der Waals surface area contributed by atoms with Crippen LogP contribution in [-0.2, 0) is 11.3 Å². The predicted octanol–water partition coefficient (Wildman–Crippen LogP) is 4.51. The highest BCUT2D eigenvalue weighted by Gasteiger charge is 2.15. The zero-order valence-electron chi connectivity index (χ0n) is 14.1. The molecule has 1 saturated carbocycles. The average Bonchev–Trinajstić information content (AvgIpc) is 3.11. The van der Waals surface area contributed by atoms with Crippen molar-refractivity contribution in [3.05, 3.63) is 47.3 Å². The number of hydrogen-bond donors (Lipinski definition) is 1. The molecule has 1 fully saturated rings. The summed E-state index contributed by atoms with van der Waals surface area (Å²) in [6, 6.07) is 9.08. The molecule has 1 N–H and O–H groups in total. The molecule has 1 aromatic carbocycles. The van der Waals surface area contributed by atoms with Gasteiger partial charge in [0.15, 0.2) is 5.69 Å². The van der Waals surface area contributed by atoms with Crippen molar-refractivity contribution in [1.82, 2.24) is 4.98 Å². The van der Waals surface area contributed by atoms with Crippen LogP contribution in [0.15, 0.2) is 34.9 Å². The largest absolute Gasteiger partial charge is 0.461 e. The van der Waals surface area contributed by atoms with E-state index in [4.69, 9.17) is 9.15 Å². The van der Waals surface area contributed by atoms with Gasteiger partial charge in [-0.1, -0.05) is 43.5 Å². The third kappa shape index (κ3) is 4.16. The summed E-state index contributed by atoms with van der Waals surface area (Å²) in [6.45, 7) is 2.68. The van der Waals surface area contributed by atoms with Crippen molar-refractivity contribution in [1.29, 1.82) is 0 Å². The lowest BCUT2D eigenvalue weighted by molar-refractivity contribution is 0.0519. The monoisotopic (exact) mass is 328 g/mol. The number of esters is 1. The molecule has 2 aromatic rings. The van der Waals surface area contributed by atoms with E-state index in [1.807, 2.05) is 0 Å². The standard InChI is InChI=1S/C19H24N2O3/c1-2-23-18(22)17-13-24-19(21-17)20-12-14-8-10-16(11-9-14)15-6-4-3-5-7-15/h8-11,13,15H,2-7,12H2,1H3,(H,20,21). The van der Waals surface area contributed by atoms with Crippen molar-refractivity contribution in [2.45, 2.75) is 51.5 Å². The highest BCUT2D eigenvalue weighted by molar-refractivity contribution is 5.87. The van der Waals surface area contributed by atoms with E-state index >= 15 is 0 Å². The highest BCUT2D eigenvalue weighted by Crippen LogP contribution is 2.32. The fourth-order valence-corrected chi connectivity index (χ4v) is 3.17. The summed E-state index contributed by atoms with van der Waals surface area (Å²) in [4.78, 5) is 15.6. The molecular formula is C19H24N2O3. The van der Waals surface area contributed by atoms with Crippen LogP contribution in [0.25, 0.3) is 0 Å². The molecule has 1 aromatic heterocycles. The maximum atomic E-state index is 11.5. The molecule has 0 aliphatic heterocycles. The number of rotatable bonds is 6.